The van der Waals surface area contributed by atoms with Crippen LogP contribution in [-0.2, 0) is 7.05 Å². The third-order valence-electron chi connectivity index (χ3n) is 4.95. The number of ether oxygens (including phenoxy) is 1. The van der Waals surface area contributed by atoms with Crippen LogP contribution in [-0.4, -0.2) is 29.8 Å². The minimum absolute atomic E-state index is 0.550. The lowest BCUT2D eigenvalue weighted by molar-refractivity contribution is 0.416. The highest BCUT2D eigenvalue weighted by molar-refractivity contribution is 6.31. The van der Waals surface area contributed by atoms with E-state index < -0.39 is 0 Å². The van der Waals surface area contributed by atoms with Crippen LogP contribution in [0.5, 0.6) is 5.75 Å². The molecule has 0 unspecified atom stereocenters. The van der Waals surface area contributed by atoms with Crippen LogP contribution in [0.2, 0.25) is 5.02 Å². The summed E-state index contributed by atoms with van der Waals surface area (Å²) in [5, 5.41) is 13.5. The van der Waals surface area contributed by atoms with Crippen molar-refractivity contribution in [2.75, 3.05) is 30.4 Å². The summed E-state index contributed by atoms with van der Waals surface area (Å²) in [6, 6.07) is 9.72. The van der Waals surface area contributed by atoms with Crippen LogP contribution in [0.3, 0.4) is 0 Å². The third kappa shape index (κ3) is 3.34. The fraction of sp³-hybridized carbons (Fsp3) is 0.333. The number of nitriles is 1. The van der Waals surface area contributed by atoms with Gasteiger partial charge in [-0.25, -0.2) is 4.98 Å². The number of methoxy groups -OCH3 is 1. The van der Waals surface area contributed by atoms with Crippen molar-refractivity contribution in [3.63, 3.8) is 0 Å². The number of hydrogen-bond acceptors (Lipinski definition) is 5. The van der Waals surface area contributed by atoms with Crippen molar-refractivity contribution in [3.8, 4) is 11.8 Å². The van der Waals surface area contributed by atoms with Gasteiger partial charge in [-0.05, 0) is 44.5 Å². The van der Waals surface area contributed by atoms with Crippen molar-refractivity contribution in [1.29, 1.82) is 5.26 Å². The smallest absolute Gasteiger partial charge is 0.208 e. The fourth-order valence-electron chi connectivity index (χ4n) is 3.47. The normalized spacial score (nSPS) is 10.8. The lowest BCUT2D eigenvalue weighted by Gasteiger charge is -2.22. The zero-order valence-corrected chi connectivity index (χ0v) is 17.6. The molecule has 0 saturated carbocycles. The molecule has 0 bridgehead atoms. The molecule has 0 fully saturated rings. The van der Waals surface area contributed by atoms with Gasteiger partial charge in [0.25, 0.3) is 0 Å². The van der Waals surface area contributed by atoms with E-state index in [9.17, 15) is 5.26 Å². The Labute approximate surface area is 170 Å². The van der Waals surface area contributed by atoms with Gasteiger partial charge in [0, 0.05) is 31.2 Å². The first-order chi connectivity index (χ1) is 13.4. The zero-order chi connectivity index (χ0) is 20.4. The predicted octanol–water partition coefficient (Wildman–Crippen LogP) is 5.01. The summed E-state index contributed by atoms with van der Waals surface area (Å²) >= 11 is 6.16. The summed E-state index contributed by atoms with van der Waals surface area (Å²) in [7, 11) is 3.56. The number of fused-ring (bicyclic) bond motifs is 1. The molecule has 28 heavy (non-hydrogen) atoms. The van der Waals surface area contributed by atoms with Gasteiger partial charge in [-0.3, -0.25) is 0 Å². The average Bonchev–Trinajstić information content (AvgIpc) is 3.01. The Kier molecular flexibility index (Phi) is 5.66. The van der Waals surface area contributed by atoms with Crippen LogP contribution in [0.4, 0.5) is 17.3 Å². The lowest BCUT2D eigenvalue weighted by Crippen LogP contribution is -2.22. The van der Waals surface area contributed by atoms with Crippen molar-refractivity contribution in [2.24, 2.45) is 7.05 Å². The van der Waals surface area contributed by atoms with Crippen molar-refractivity contribution >= 4 is 40.0 Å². The first kappa shape index (κ1) is 19.8. The minimum atomic E-state index is 0.550. The second-order valence-corrected chi connectivity index (χ2v) is 6.97. The van der Waals surface area contributed by atoms with E-state index in [0.29, 0.717) is 27.8 Å². The van der Waals surface area contributed by atoms with Crippen molar-refractivity contribution < 1.29 is 4.74 Å². The van der Waals surface area contributed by atoms with E-state index >= 15 is 0 Å². The first-order valence-corrected chi connectivity index (χ1v) is 9.58. The molecule has 0 saturated heterocycles. The number of aromatic nitrogens is 2. The molecule has 0 aliphatic heterocycles. The maximum Gasteiger partial charge on any atom is 0.208 e. The summed E-state index contributed by atoms with van der Waals surface area (Å²) in [4.78, 5) is 7.00. The summed E-state index contributed by atoms with van der Waals surface area (Å²) in [6.07, 6.45) is 0. The van der Waals surface area contributed by atoms with E-state index in [1.54, 1.807) is 13.2 Å². The number of benzene rings is 2. The molecule has 1 heterocycles. The van der Waals surface area contributed by atoms with E-state index in [4.69, 9.17) is 21.3 Å². The Morgan fingerprint density at radius 1 is 1.29 bits per heavy atom. The standard InChI is InChI=1S/C21H24ClN5O/c1-6-27(7-2)16-9-8-14(12-23)19-20(16)26(4)21(25-19)24-18-13(3)10-15(22)11-17(18)28-5/h8-11H,6-7H2,1-5H3,(H,24,25). The first-order valence-electron chi connectivity index (χ1n) is 9.20. The molecular weight excluding hydrogens is 374 g/mol. The molecule has 0 aliphatic carbocycles. The molecule has 0 amide bonds. The highest BCUT2D eigenvalue weighted by Crippen LogP contribution is 2.36. The van der Waals surface area contributed by atoms with Crippen LogP contribution in [0.15, 0.2) is 24.3 Å². The highest BCUT2D eigenvalue weighted by Gasteiger charge is 2.19. The number of rotatable bonds is 6. The molecule has 0 radical (unpaired) electrons. The van der Waals surface area contributed by atoms with Crippen LogP contribution >= 0.6 is 11.6 Å². The van der Waals surface area contributed by atoms with Gasteiger partial charge >= 0.3 is 0 Å². The molecule has 0 spiro atoms. The number of aryl methyl sites for hydroxylation is 2. The fourth-order valence-corrected chi connectivity index (χ4v) is 3.73. The quantitative estimate of drug-likeness (QED) is 0.633. The Hall–Kier alpha value is -2.91. The number of anilines is 3. The minimum Gasteiger partial charge on any atom is -0.495 e. The van der Waals surface area contributed by atoms with Crippen LogP contribution in [0.1, 0.15) is 25.0 Å². The van der Waals surface area contributed by atoms with Gasteiger partial charge < -0.3 is 19.5 Å². The summed E-state index contributed by atoms with van der Waals surface area (Å²) in [5.74, 6) is 1.27. The molecule has 146 valence electrons. The highest BCUT2D eigenvalue weighted by atomic mass is 35.5. The monoisotopic (exact) mass is 397 g/mol. The third-order valence-corrected chi connectivity index (χ3v) is 5.16. The van der Waals surface area contributed by atoms with E-state index in [1.807, 2.05) is 36.7 Å². The topological polar surface area (TPSA) is 66.1 Å². The molecule has 7 heteroatoms. The van der Waals surface area contributed by atoms with Gasteiger partial charge in [-0.1, -0.05) is 11.6 Å². The molecule has 3 rings (SSSR count). The van der Waals surface area contributed by atoms with Gasteiger partial charge in [0.05, 0.1) is 29.6 Å². The largest absolute Gasteiger partial charge is 0.495 e. The zero-order valence-electron chi connectivity index (χ0n) is 16.8. The van der Waals surface area contributed by atoms with Crippen molar-refractivity contribution in [1.82, 2.24) is 9.55 Å². The number of nitrogens with one attached hydrogen (secondary N) is 1. The van der Waals surface area contributed by atoms with Crippen molar-refractivity contribution in [2.45, 2.75) is 20.8 Å². The van der Waals surface area contributed by atoms with Gasteiger partial charge in [0.2, 0.25) is 5.95 Å². The summed E-state index contributed by atoms with van der Waals surface area (Å²) < 4.78 is 7.47. The van der Waals surface area contributed by atoms with Gasteiger partial charge in [0.15, 0.2) is 0 Å². The van der Waals surface area contributed by atoms with Crippen LogP contribution in [0, 0.1) is 18.3 Å². The molecule has 3 aromatic rings. The molecule has 2 aromatic carbocycles. The van der Waals surface area contributed by atoms with Crippen LogP contribution < -0.4 is 15.0 Å². The van der Waals surface area contributed by atoms with Crippen molar-refractivity contribution in [3.05, 3.63) is 40.4 Å². The maximum atomic E-state index is 9.56. The molecular formula is C21H24ClN5O. The molecule has 0 atom stereocenters. The number of nitrogens with zero attached hydrogens (tertiary/aromatic N) is 4. The molecule has 1 aromatic heterocycles. The Morgan fingerprint density at radius 3 is 2.61 bits per heavy atom. The SMILES string of the molecule is CCN(CC)c1ccc(C#N)c2nc(Nc3c(C)cc(Cl)cc3OC)n(C)c12. The van der Waals surface area contributed by atoms with Gasteiger partial charge in [-0.15, -0.1) is 0 Å². The van der Waals surface area contributed by atoms with E-state index in [-0.39, 0.29) is 0 Å². The second-order valence-electron chi connectivity index (χ2n) is 6.53. The second kappa shape index (κ2) is 7.99. The van der Waals surface area contributed by atoms with E-state index in [0.717, 1.165) is 35.5 Å². The number of hydrogen-bond donors (Lipinski definition) is 1. The Balaban J connectivity index is 2.21. The molecule has 1 N–H and O–H groups in total. The predicted molar refractivity (Wildman–Crippen MR) is 115 cm³/mol. The summed E-state index contributed by atoms with van der Waals surface area (Å²) in [6.45, 7) is 7.93. The molecule has 6 nitrogen and oxygen atoms in total. The van der Waals surface area contributed by atoms with E-state index in [1.165, 1.54) is 0 Å². The Morgan fingerprint density at radius 2 is 2.00 bits per heavy atom. The number of halogens is 1. The summed E-state index contributed by atoms with van der Waals surface area (Å²) in [5.41, 5.74) is 4.96. The maximum absolute atomic E-state index is 9.56. The van der Waals surface area contributed by atoms with Gasteiger partial charge in [-0.2, -0.15) is 5.26 Å². The van der Waals surface area contributed by atoms with Gasteiger partial charge in [0.1, 0.15) is 17.3 Å². The Bertz CT molecular complexity index is 1060. The van der Waals surface area contributed by atoms with E-state index in [2.05, 4.69) is 30.1 Å². The average molecular weight is 398 g/mol. The molecule has 0 aliphatic rings. The lowest BCUT2D eigenvalue weighted by atomic mass is 10.1. The van der Waals surface area contributed by atoms with Crippen LogP contribution in [0.25, 0.3) is 11.0 Å². The number of imidazole rings is 1.